The van der Waals surface area contributed by atoms with Crippen LogP contribution in [0, 0.1) is 11.8 Å². The van der Waals surface area contributed by atoms with E-state index in [9.17, 15) is 19.2 Å². The Hall–Kier alpha value is -2.96. The summed E-state index contributed by atoms with van der Waals surface area (Å²) in [4.78, 5) is 50.2. The Kier molecular flexibility index (Phi) is 6.15. The molecular formula is C22H26N2O5. The number of ether oxygens (including phenoxy) is 1. The van der Waals surface area contributed by atoms with Gasteiger partial charge in [0.1, 0.15) is 0 Å². The molecule has 2 aliphatic rings. The van der Waals surface area contributed by atoms with Crippen molar-refractivity contribution in [3.8, 4) is 0 Å². The smallest absolute Gasteiger partial charge is 0.338 e. The predicted molar refractivity (Wildman–Crippen MR) is 106 cm³/mol. The third kappa shape index (κ3) is 4.23. The fourth-order valence-electron chi connectivity index (χ4n) is 3.96. The second kappa shape index (κ2) is 8.59. The summed E-state index contributed by atoms with van der Waals surface area (Å²) in [5.41, 5.74) is 0.519. The summed E-state index contributed by atoms with van der Waals surface area (Å²) in [5.74, 6) is -1.02. The number of hydrogen-bond acceptors (Lipinski definition) is 5. The molecule has 1 aromatic carbocycles. The molecule has 7 heteroatoms. The number of imide groups is 1. The van der Waals surface area contributed by atoms with Crippen LogP contribution in [0.2, 0.25) is 0 Å². The van der Waals surface area contributed by atoms with Crippen LogP contribution in [-0.2, 0) is 9.53 Å². The molecule has 0 bridgehead atoms. The molecule has 7 nitrogen and oxygen atoms in total. The van der Waals surface area contributed by atoms with Gasteiger partial charge in [0.05, 0.1) is 16.7 Å². The molecule has 3 rings (SSSR count). The first-order valence-electron chi connectivity index (χ1n) is 9.91. The molecule has 0 spiro atoms. The molecule has 1 heterocycles. The maximum Gasteiger partial charge on any atom is 0.338 e. The largest absolute Gasteiger partial charge is 0.452 e. The van der Waals surface area contributed by atoms with Crippen LogP contribution in [0.25, 0.3) is 0 Å². The molecule has 1 aliphatic carbocycles. The van der Waals surface area contributed by atoms with Crippen LogP contribution in [0.5, 0.6) is 0 Å². The lowest BCUT2D eigenvalue weighted by Crippen LogP contribution is -2.45. The predicted octanol–water partition coefficient (Wildman–Crippen LogP) is 2.57. The Morgan fingerprint density at radius 1 is 1.21 bits per heavy atom. The average Bonchev–Trinajstić information content (AvgIpc) is 2.94. The Bertz CT molecular complexity index is 863. The minimum atomic E-state index is -0.713. The number of esters is 1. The molecule has 0 aromatic heterocycles. The second-order valence-corrected chi connectivity index (χ2v) is 7.79. The molecule has 1 saturated carbocycles. The van der Waals surface area contributed by atoms with Crippen molar-refractivity contribution >= 4 is 23.7 Å². The van der Waals surface area contributed by atoms with Gasteiger partial charge < -0.3 is 10.1 Å². The van der Waals surface area contributed by atoms with E-state index in [1.807, 2.05) is 0 Å². The highest BCUT2D eigenvalue weighted by molar-refractivity contribution is 6.22. The molecule has 1 aliphatic heterocycles. The topological polar surface area (TPSA) is 92.8 Å². The summed E-state index contributed by atoms with van der Waals surface area (Å²) in [7, 11) is 0. The number of hydrogen-bond donors (Lipinski definition) is 1. The molecule has 1 N–H and O–H groups in total. The van der Waals surface area contributed by atoms with Gasteiger partial charge in [0.25, 0.3) is 17.7 Å². The molecule has 0 radical (unpaired) electrons. The van der Waals surface area contributed by atoms with Crippen LogP contribution in [0.3, 0.4) is 0 Å². The summed E-state index contributed by atoms with van der Waals surface area (Å²) in [6.07, 6.45) is 4.62. The molecule has 0 saturated heterocycles. The van der Waals surface area contributed by atoms with Crippen LogP contribution < -0.4 is 5.32 Å². The van der Waals surface area contributed by atoms with E-state index < -0.39 is 17.8 Å². The zero-order valence-corrected chi connectivity index (χ0v) is 16.8. The van der Waals surface area contributed by atoms with Crippen molar-refractivity contribution in [3.63, 3.8) is 0 Å². The van der Waals surface area contributed by atoms with Crippen LogP contribution in [-0.4, -0.2) is 47.8 Å². The van der Waals surface area contributed by atoms with E-state index >= 15 is 0 Å². The van der Waals surface area contributed by atoms with Gasteiger partial charge in [-0.15, -0.1) is 6.58 Å². The highest BCUT2D eigenvalue weighted by atomic mass is 16.5. The monoisotopic (exact) mass is 398 g/mol. The number of carbonyl (C=O) groups excluding carboxylic acids is 4. The Balaban J connectivity index is 1.59. The van der Waals surface area contributed by atoms with Crippen molar-refractivity contribution in [1.29, 1.82) is 0 Å². The molecule has 29 heavy (non-hydrogen) atoms. The van der Waals surface area contributed by atoms with Crippen molar-refractivity contribution in [1.82, 2.24) is 10.2 Å². The summed E-state index contributed by atoms with van der Waals surface area (Å²) >= 11 is 0. The standard InChI is InChI=1S/C22H26N2O5/c1-4-10-24-20(26)16-9-8-15(11-17(16)21(24)27)22(28)29-12-19(25)23-18-7-5-6-13(2)14(18)3/h4,8-9,11,13-14,18H,1,5-7,10,12H2,2-3H3,(H,23,25)/t13-,14-,18-/m1/s1. The van der Waals surface area contributed by atoms with E-state index in [-0.39, 0.29) is 41.8 Å². The van der Waals surface area contributed by atoms with E-state index in [0.717, 1.165) is 24.2 Å². The molecular weight excluding hydrogens is 372 g/mol. The van der Waals surface area contributed by atoms with Crippen molar-refractivity contribution in [2.75, 3.05) is 13.2 Å². The lowest BCUT2D eigenvalue weighted by molar-refractivity contribution is -0.125. The molecule has 1 aromatic rings. The number of benzene rings is 1. The van der Waals surface area contributed by atoms with Gasteiger partial charge >= 0.3 is 5.97 Å². The van der Waals surface area contributed by atoms with Gasteiger partial charge in [0, 0.05) is 12.6 Å². The average molecular weight is 398 g/mol. The van der Waals surface area contributed by atoms with Gasteiger partial charge in [-0.05, 0) is 36.5 Å². The fourth-order valence-corrected chi connectivity index (χ4v) is 3.96. The van der Waals surface area contributed by atoms with Crippen molar-refractivity contribution in [2.45, 2.75) is 39.2 Å². The summed E-state index contributed by atoms with van der Waals surface area (Å²) < 4.78 is 5.11. The SMILES string of the molecule is C=CCN1C(=O)c2ccc(C(=O)OCC(=O)N[C@@H]3CCC[C@@H](C)[C@H]3C)cc2C1=O. The van der Waals surface area contributed by atoms with Gasteiger partial charge in [0.15, 0.2) is 6.61 Å². The third-order valence-electron chi connectivity index (χ3n) is 5.91. The van der Waals surface area contributed by atoms with E-state index in [2.05, 4.69) is 25.7 Å². The van der Waals surface area contributed by atoms with Crippen LogP contribution in [0.4, 0.5) is 0 Å². The summed E-state index contributed by atoms with van der Waals surface area (Å²) in [5, 5.41) is 2.95. The van der Waals surface area contributed by atoms with Crippen molar-refractivity contribution < 1.29 is 23.9 Å². The molecule has 3 atom stereocenters. The van der Waals surface area contributed by atoms with E-state index in [4.69, 9.17) is 4.74 Å². The summed E-state index contributed by atoms with van der Waals surface area (Å²) in [6.45, 7) is 7.55. The quantitative estimate of drug-likeness (QED) is 0.452. The molecule has 1 fully saturated rings. The van der Waals surface area contributed by atoms with E-state index in [1.165, 1.54) is 24.3 Å². The highest BCUT2D eigenvalue weighted by Crippen LogP contribution is 2.29. The Labute approximate surface area is 170 Å². The molecule has 0 unspecified atom stereocenters. The number of amides is 3. The zero-order chi connectivity index (χ0) is 21.1. The van der Waals surface area contributed by atoms with Gasteiger partial charge in [0.2, 0.25) is 0 Å². The number of nitrogens with one attached hydrogen (secondary N) is 1. The lowest BCUT2D eigenvalue weighted by Gasteiger charge is -2.34. The maximum atomic E-state index is 12.4. The number of rotatable bonds is 6. The van der Waals surface area contributed by atoms with E-state index in [0.29, 0.717) is 11.8 Å². The van der Waals surface area contributed by atoms with Crippen LogP contribution in [0.1, 0.15) is 64.2 Å². The minimum absolute atomic E-state index is 0.0874. The Morgan fingerprint density at radius 2 is 1.93 bits per heavy atom. The first-order valence-corrected chi connectivity index (χ1v) is 9.91. The molecule has 154 valence electrons. The van der Waals surface area contributed by atoms with E-state index in [1.54, 1.807) is 0 Å². The third-order valence-corrected chi connectivity index (χ3v) is 5.91. The maximum absolute atomic E-state index is 12.4. The number of carbonyl (C=O) groups is 4. The van der Waals surface area contributed by atoms with Crippen LogP contribution in [0.15, 0.2) is 30.9 Å². The highest BCUT2D eigenvalue weighted by Gasteiger charge is 2.35. The number of fused-ring (bicyclic) bond motifs is 1. The zero-order valence-electron chi connectivity index (χ0n) is 16.8. The van der Waals surface area contributed by atoms with Gasteiger partial charge in [-0.25, -0.2) is 4.79 Å². The number of nitrogens with zero attached hydrogens (tertiary/aromatic N) is 1. The minimum Gasteiger partial charge on any atom is -0.452 e. The van der Waals surface area contributed by atoms with Gasteiger partial charge in [-0.3, -0.25) is 19.3 Å². The summed E-state index contributed by atoms with van der Waals surface area (Å²) in [6, 6.07) is 4.28. The first-order chi connectivity index (χ1) is 13.8. The van der Waals surface area contributed by atoms with Gasteiger partial charge in [-0.2, -0.15) is 0 Å². The van der Waals surface area contributed by atoms with Crippen LogP contribution >= 0.6 is 0 Å². The second-order valence-electron chi connectivity index (χ2n) is 7.79. The van der Waals surface area contributed by atoms with Gasteiger partial charge in [-0.1, -0.05) is 32.8 Å². The van der Waals surface area contributed by atoms with Crippen molar-refractivity contribution in [3.05, 3.63) is 47.5 Å². The molecule has 3 amide bonds. The first kappa shape index (κ1) is 20.8. The Morgan fingerprint density at radius 3 is 2.66 bits per heavy atom. The lowest BCUT2D eigenvalue weighted by atomic mass is 9.78. The van der Waals surface area contributed by atoms with Crippen molar-refractivity contribution in [2.24, 2.45) is 11.8 Å². The normalized spacial score (nSPS) is 23.5. The fraction of sp³-hybridized carbons (Fsp3) is 0.455.